The highest BCUT2D eigenvalue weighted by Crippen LogP contribution is 2.35. The van der Waals surface area contributed by atoms with E-state index in [2.05, 4.69) is 25.5 Å². The first-order valence-electron chi connectivity index (χ1n) is 13.0. The Hall–Kier alpha value is -3.99. The summed E-state index contributed by atoms with van der Waals surface area (Å²) in [6, 6.07) is 17.6. The summed E-state index contributed by atoms with van der Waals surface area (Å²) < 4.78 is 88.0. The number of para-hydroxylation sites is 1. The van der Waals surface area contributed by atoms with Crippen molar-refractivity contribution in [2.45, 2.75) is 25.7 Å². The van der Waals surface area contributed by atoms with Gasteiger partial charge in [-0.3, -0.25) is 9.40 Å². The first-order valence-corrected chi connectivity index (χ1v) is 16.0. The van der Waals surface area contributed by atoms with Crippen LogP contribution in [0.5, 0.6) is 5.75 Å². The van der Waals surface area contributed by atoms with Gasteiger partial charge in [0.1, 0.15) is 16.1 Å². The first-order chi connectivity index (χ1) is 20.8. The van der Waals surface area contributed by atoms with Gasteiger partial charge in [-0.1, -0.05) is 48.5 Å². The first kappa shape index (κ1) is 31.4. The molecule has 0 aliphatic rings. The summed E-state index contributed by atoms with van der Waals surface area (Å²) in [5, 5.41) is 10.5. The Balaban J connectivity index is 1.55. The largest absolute Gasteiger partial charge is 0.486 e. The minimum Gasteiger partial charge on any atom is -0.486 e. The SMILES string of the molecule is CN(c1ccccc1CNc1nc(-c2cc(F)c(OCc3ccccc3)cc2CC(F)(F)F)nc2[nH]nc(I)c12)S(C)(=O)=O. The van der Waals surface area contributed by atoms with Crippen LogP contribution in [0.3, 0.4) is 0 Å². The number of nitrogens with one attached hydrogen (secondary N) is 2. The summed E-state index contributed by atoms with van der Waals surface area (Å²) in [7, 11) is -2.13. The third-order valence-corrected chi connectivity index (χ3v) is 8.65. The molecule has 0 bridgehead atoms. The highest BCUT2D eigenvalue weighted by atomic mass is 127. The Bertz CT molecular complexity index is 1920. The van der Waals surface area contributed by atoms with Gasteiger partial charge in [0.2, 0.25) is 10.0 Å². The van der Waals surface area contributed by atoms with Crippen molar-refractivity contribution in [3.8, 4) is 17.1 Å². The number of halogens is 5. The number of sulfonamides is 1. The highest BCUT2D eigenvalue weighted by molar-refractivity contribution is 14.1. The van der Waals surface area contributed by atoms with Gasteiger partial charge in [0.05, 0.1) is 23.8 Å². The third kappa shape index (κ3) is 7.20. The van der Waals surface area contributed by atoms with Crippen LogP contribution in [0, 0.1) is 9.52 Å². The minimum absolute atomic E-state index is 0.0400. The second-order valence-corrected chi connectivity index (χ2v) is 12.9. The lowest BCUT2D eigenvalue weighted by molar-refractivity contribution is -0.127. The van der Waals surface area contributed by atoms with Gasteiger partial charge in [0.25, 0.3) is 0 Å². The Morgan fingerprint density at radius 2 is 1.73 bits per heavy atom. The van der Waals surface area contributed by atoms with Gasteiger partial charge < -0.3 is 10.1 Å². The molecule has 5 aromatic rings. The van der Waals surface area contributed by atoms with E-state index in [1.165, 1.54) is 7.05 Å². The van der Waals surface area contributed by atoms with Crippen LogP contribution in [0.15, 0.2) is 66.7 Å². The Kier molecular flexibility index (Phi) is 8.97. The van der Waals surface area contributed by atoms with Crippen LogP contribution in [0.2, 0.25) is 0 Å². The number of aromatic amines is 1. The number of aromatic nitrogens is 4. The van der Waals surface area contributed by atoms with Crippen molar-refractivity contribution in [3.05, 3.63) is 92.9 Å². The van der Waals surface area contributed by atoms with Crippen LogP contribution in [0.4, 0.5) is 29.1 Å². The number of rotatable bonds is 10. The van der Waals surface area contributed by atoms with Crippen LogP contribution in [-0.4, -0.2) is 48.1 Å². The number of anilines is 2. The molecule has 0 spiro atoms. The Morgan fingerprint density at radius 3 is 2.43 bits per heavy atom. The summed E-state index contributed by atoms with van der Waals surface area (Å²) in [6.45, 7) is 0.0561. The van der Waals surface area contributed by atoms with Crippen LogP contribution in [0.1, 0.15) is 16.7 Å². The van der Waals surface area contributed by atoms with E-state index in [4.69, 9.17) is 4.74 Å². The van der Waals surface area contributed by atoms with Crippen molar-refractivity contribution in [1.82, 2.24) is 20.2 Å². The normalized spacial score (nSPS) is 12.0. The van der Waals surface area contributed by atoms with Crippen molar-refractivity contribution in [1.29, 1.82) is 0 Å². The number of H-pyrrole nitrogens is 1. The molecular formula is C29H25F4IN6O3S. The molecule has 44 heavy (non-hydrogen) atoms. The lowest BCUT2D eigenvalue weighted by Gasteiger charge is -2.20. The quantitative estimate of drug-likeness (QED) is 0.125. The standard InChI is InChI=1S/C29H25F4IN6O3S/c1-40(44(2,41)42)22-11-7-6-10-18(22)15-35-27-24-25(34)38-39-28(24)37-26(36-27)20-13-21(30)23(12-19(20)14-29(31,32)33)43-16-17-8-4-3-5-9-17/h3-13H,14-16H2,1-2H3,(H2,35,36,37,38,39). The molecule has 0 aliphatic heterocycles. The van der Waals surface area contributed by atoms with E-state index in [9.17, 15) is 21.6 Å². The van der Waals surface area contributed by atoms with Crippen LogP contribution in [0.25, 0.3) is 22.4 Å². The lowest BCUT2D eigenvalue weighted by Crippen LogP contribution is -2.26. The molecule has 0 unspecified atom stereocenters. The fourth-order valence-electron chi connectivity index (χ4n) is 4.48. The zero-order valence-electron chi connectivity index (χ0n) is 23.3. The van der Waals surface area contributed by atoms with E-state index in [1.807, 2.05) is 22.6 Å². The fraction of sp³-hybridized carbons (Fsp3) is 0.207. The number of hydrogen-bond donors (Lipinski definition) is 2. The van der Waals surface area contributed by atoms with E-state index in [0.717, 1.165) is 28.3 Å². The Labute approximate surface area is 263 Å². The van der Waals surface area contributed by atoms with Gasteiger partial charge in [-0.2, -0.15) is 18.3 Å². The number of nitrogens with zero attached hydrogens (tertiary/aromatic N) is 4. The number of ether oxygens (including phenoxy) is 1. The lowest BCUT2D eigenvalue weighted by atomic mass is 10.0. The predicted molar refractivity (Wildman–Crippen MR) is 167 cm³/mol. The average molecular weight is 741 g/mol. The molecule has 2 heterocycles. The number of alkyl halides is 3. The second kappa shape index (κ2) is 12.6. The van der Waals surface area contributed by atoms with Gasteiger partial charge in [-0.15, -0.1) is 0 Å². The predicted octanol–water partition coefficient (Wildman–Crippen LogP) is 6.46. The van der Waals surface area contributed by atoms with E-state index >= 15 is 4.39 Å². The summed E-state index contributed by atoms with van der Waals surface area (Å²) in [5.74, 6) is -1.17. The maximum atomic E-state index is 15.3. The molecule has 0 saturated heterocycles. The molecule has 0 fully saturated rings. The summed E-state index contributed by atoms with van der Waals surface area (Å²) in [5.41, 5.74) is 1.52. The monoisotopic (exact) mass is 740 g/mol. The van der Waals surface area contributed by atoms with E-state index < -0.39 is 28.4 Å². The molecule has 0 radical (unpaired) electrons. The molecule has 230 valence electrons. The molecule has 15 heteroatoms. The number of hydrogen-bond acceptors (Lipinski definition) is 7. The summed E-state index contributed by atoms with van der Waals surface area (Å²) in [4.78, 5) is 8.88. The van der Waals surface area contributed by atoms with E-state index in [1.54, 1.807) is 54.6 Å². The van der Waals surface area contributed by atoms with Gasteiger partial charge in [0.15, 0.2) is 23.0 Å². The van der Waals surface area contributed by atoms with Crippen LogP contribution in [-0.2, 0) is 29.6 Å². The molecule has 2 N–H and O–H groups in total. The molecule has 0 saturated carbocycles. The molecule has 2 aromatic heterocycles. The second-order valence-electron chi connectivity index (χ2n) is 9.85. The molecule has 0 atom stereocenters. The summed E-state index contributed by atoms with van der Waals surface area (Å²) >= 11 is 1.96. The third-order valence-electron chi connectivity index (χ3n) is 6.68. The minimum atomic E-state index is -4.62. The molecular weight excluding hydrogens is 715 g/mol. The molecule has 3 aromatic carbocycles. The molecule has 0 aliphatic carbocycles. The smallest absolute Gasteiger partial charge is 0.393 e. The zero-order valence-corrected chi connectivity index (χ0v) is 26.3. The van der Waals surface area contributed by atoms with Crippen molar-refractivity contribution in [2.75, 3.05) is 22.9 Å². The maximum absolute atomic E-state index is 15.3. The van der Waals surface area contributed by atoms with Crippen molar-refractivity contribution in [2.24, 2.45) is 0 Å². The number of fused-ring (bicyclic) bond motifs is 1. The van der Waals surface area contributed by atoms with Gasteiger partial charge >= 0.3 is 6.18 Å². The van der Waals surface area contributed by atoms with Gasteiger partial charge in [-0.25, -0.2) is 22.8 Å². The fourth-order valence-corrected chi connectivity index (χ4v) is 5.65. The van der Waals surface area contributed by atoms with Crippen LogP contribution < -0.4 is 14.4 Å². The van der Waals surface area contributed by atoms with Gasteiger partial charge in [-0.05, 0) is 57.5 Å². The van der Waals surface area contributed by atoms with Crippen molar-refractivity contribution in [3.63, 3.8) is 0 Å². The highest BCUT2D eigenvalue weighted by Gasteiger charge is 2.31. The van der Waals surface area contributed by atoms with E-state index in [-0.39, 0.29) is 47.3 Å². The van der Waals surface area contributed by atoms with Crippen molar-refractivity contribution < 1.29 is 30.7 Å². The number of benzene rings is 3. The van der Waals surface area contributed by atoms with Crippen molar-refractivity contribution >= 4 is 55.2 Å². The topological polar surface area (TPSA) is 113 Å². The Morgan fingerprint density at radius 1 is 1.02 bits per heavy atom. The van der Waals surface area contributed by atoms with Gasteiger partial charge in [0, 0.05) is 19.2 Å². The maximum Gasteiger partial charge on any atom is 0.393 e. The summed E-state index contributed by atoms with van der Waals surface area (Å²) in [6.07, 6.45) is -4.91. The van der Waals surface area contributed by atoms with E-state index in [0.29, 0.717) is 20.3 Å². The average Bonchev–Trinajstić information content (AvgIpc) is 3.35. The van der Waals surface area contributed by atoms with Crippen LogP contribution >= 0.6 is 22.6 Å². The molecule has 5 rings (SSSR count). The zero-order chi connectivity index (χ0) is 31.6. The molecule has 0 amide bonds. The molecule has 9 nitrogen and oxygen atoms in total.